The van der Waals surface area contributed by atoms with Gasteiger partial charge in [0.05, 0.1) is 0 Å². The third-order valence-corrected chi connectivity index (χ3v) is 3.15. The molecule has 1 rings (SSSR count). The summed E-state index contributed by atoms with van der Waals surface area (Å²) in [6.07, 6.45) is 4.90. The first-order valence-corrected chi connectivity index (χ1v) is 6.50. The molecule has 0 aliphatic heterocycles. The monoisotopic (exact) mass is 219 g/mol. The Morgan fingerprint density at radius 2 is 1.56 bits per heavy atom. The summed E-state index contributed by atoms with van der Waals surface area (Å²) in [6.45, 7) is 6.66. The summed E-state index contributed by atoms with van der Waals surface area (Å²) in [7, 11) is 0. The van der Waals surface area contributed by atoms with Crippen molar-refractivity contribution in [2.75, 3.05) is 0 Å². The Morgan fingerprint density at radius 3 is 2.06 bits per heavy atom. The van der Waals surface area contributed by atoms with E-state index in [1.165, 1.54) is 30.4 Å². The molecule has 0 amide bonds. The van der Waals surface area contributed by atoms with Crippen LogP contribution in [0.5, 0.6) is 0 Å². The highest BCUT2D eigenvalue weighted by molar-refractivity contribution is 5.26. The van der Waals surface area contributed by atoms with Gasteiger partial charge in [-0.25, -0.2) is 0 Å². The van der Waals surface area contributed by atoms with Crippen molar-refractivity contribution in [2.24, 2.45) is 5.73 Å². The molecule has 0 unspecified atom stereocenters. The molecule has 0 radical (unpaired) electrons. The van der Waals surface area contributed by atoms with Gasteiger partial charge >= 0.3 is 0 Å². The summed E-state index contributed by atoms with van der Waals surface area (Å²) in [5.41, 5.74) is 8.83. The summed E-state index contributed by atoms with van der Waals surface area (Å²) in [5.74, 6) is 0.602. The molecular weight excluding hydrogens is 194 g/mol. The number of benzene rings is 1. The molecule has 1 aromatic carbocycles. The smallest absolute Gasteiger partial charge is 0.0294 e. The van der Waals surface area contributed by atoms with Gasteiger partial charge in [-0.3, -0.25) is 0 Å². The summed E-state index contributed by atoms with van der Waals surface area (Å²) in [6, 6.07) is 9.00. The molecule has 0 saturated heterocycles. The fourth-order valence-corrected chi connectivity index (χ4v) is 1.91. The maximum Gasteiger partial charge on any atom is 0.0294 e. The lowest BCUT2D eigenvalue weighted by Gasteiger charge is -2.13. The summed E-state index contributed by atoms with van der Waals surface area (Å²) in [5, 5.41) is 0. The first-order valence-electron chi connectivity index (χ1n) is 6.50. The van der Waals surface area contributed by atoms with Gasteiger partial charge in [0.2, 0.25) is 0 Å². The molecule has 0 aromatic heterocycles. The van der Waals surface area contributed by atoms with Gasteiger partial charge < -0.3 is 5.73 Å². The number of rotatable bonds is 6. The molecule has 2 N–H and O–H groups in total. The number of hydrogen-bond acceptors (Lipinski definition) is 1. The Kier molecular flexibility index (Phi) is 5.54. The minimum Gasteiger partial charge on any atom is -0.324 e. The van der Waals surface area contributed by atoms with Crippen LogP contribution in [0.1, 0.15) is 69.5 Å². The molecule has 1 atom stereocenters. The topological polar surface area (TPSA) is 26.0 Å². The maximum absolute atomic E-state index is 6.16. The highest BCUT2D eigenvalue weighted by Crippen LogP contribution is 2.20. The Balaban J connectivity index is 2.52. The highest BCUT2D eigenvalue weighted by Gasteiger charge is 2.06. The molecule has 16 heavy (non-hydrogen) atoms. The molecule has 1 aromatic rings. The van der Waals surface area contributed by atoms with Crippen molar-refractivity contribution in [2.45, 2.75) is 58.4 Å². The molecule has 0 saturated carbocycles. The first-order chi connectivity index (χ1) is 7.65. The average Bonchev–Trinajstić information content (AvgIpc) is 2.29. The normalized spacial score (nSPS) is 13.1. The quantitative estimate of drug-likeness (QED) is 0.705. The van der Waals surface area contributed by atoms with Crippen LogP contribution in [0.4, 0.5) is 0 Å². The Morgan fingerprint density at radius 1 is 1.00 bits per heavy atom. The average molecular weight is 219 g/mol. The summed E-state index contributed by atoms with van der Waals surface area (Å²) in [4.78, 5) is 0. The molecule has 0 heterocycles. The lowest BCUT2D eigenvalue weighted by atomic mass is 9.97. The third-order valence-electron chi connectivity index (χ3n) is 3.15. The molecule has 0 aliphatic carbocycles. The van der Waals surface area contributed by atoms with Gasteiger partial charge in [-0.2, -0.15) is 0 Å². The molecular formula is C15H25N. The Labute approximate surface area is 100 Å². The van der Waals surface area contributed by atoms with Crippen LogP contribution in [0.15, 0.2) is 24.3 Å². The zero-order valence-electron chi connectivity index (χ0n) is 10.9. The van der Waals surface area contributed by atoms with Gasteiger partial charge in [-0.1, -0.05) is 64.3 Å². The van der Waals surface area contributed by atoms with E-state index in [9.17, 15) is 0 Å². The zero-order valence-corrected chi connectivity index (χ0v) is 10.9. The number of unbranched alkanes of at least 4 members (excludes halogenated alkanes) is 2. The second kappa shape index (κ2) is 6.70. The van der Waals surface area contributed by atoms with E-state index < -0.39 is 0 Å². The highest BCUT2D eigenvalue weighted by atomic mass is 14.6. The van der Waals surface area contributed by atoms with Crippen molar-refractivity contribution < 1.29 is 0 Å². The van der Waals surface area contributed by atoms with E-state index in [4.69, 9.17) is 5.73 Å². The molecule has 1 heteroatoms. The maximum atomic E-state index is 6.16. The van der Waals surface area contributed by atoms with E-state index in [1.807, 2.05) is 0 Å². The van der Waals surface area contributed by atoms with Crippen LogP contribution in [0.25, 0.3) is 0 Å². The molecule has 0 aliphatic rings. The summed E-state index contributed by atoms with van der Waals surface area (Å²) >= 11 is 0. The predicted octanol–water partition coefficient (Wildman–Crippen LogP) is 4.39. The molecule has 0 bridgehead atoms. The van der Waals surface area contributed by atoms with Crippen LogP contribution in [0.2, 0.25) is 0 Å². The van der Waals surface area contributed by atoms with E-state index in [0.29, 0.717) is 5.92 Å². The van der Waals surface area contributed by atoms with Gasteiger partial charge in [-0.05, 0) is 23.5 Å². The van der Waals surface area contributed by atoms with E-state index in [1.54, 1.807) is 0 Å². The number of nitrogens with two attached hydrogens (primary N) is 1. The number of hydrogen-bond donors (Lipinski definition) is 1. The molecule has 0 spiro atoms. The van der Waals surface area contributed by atoms with Crippen molar-refractivity contribution >= 4 is 0 Å². The standard InChI is InChI=1S/C15H25N/c1-4-5-6-7-15(16)14-10-8-13(9-11-14)12(2)3/h8-12,15H,4-7,16H2,1-3H3/t15-/m1/s1. The van der Waals surface area contributed by atoms with Gasteiger partial charge in [-0.15, -0.1) is 0 Å². The van der Waals surface area contributed by atoms with Crippen LogP contribution in [0.3, 0.4) is 0 Å². The van der Waals surface area contributed by atoms with E-state index in [0.717, 1.165) is 6.42 Å². The molecule has 0 fully saturated rings. The SMILES string of the molecule is CCCCC[C@@H](N)c1ccc(C(C)C)cc1. The molecule has 90 valence electrons. The van der Waals surface area contributed by atoms with Crippen molar-refractivity contribution in [3.63, 3.8) is 0 Å². The summed E-state index contributed by atoms with van der Waals surface area (Å²) < 4.78 is 0. The van der Waals surface area contributed by atoms with E-state index >= 15 is 0 Å². The fraction of sp³-hybridized carbons (Fsp3) is 0.600. The fourth-order valence-electron chi connectivity index (χ4n) is 1.91. The Bertz CT molecular complexity index is 287. The van der Waals surface area contributed by atoms with E-state index in [-0.39, 0.29) is 6.04 Å². The van der Waals surface area contributed by atoms with Crippen molar-refractivity contribution in [3.05, 3.63) is 35.4 Å². The van der Waals surface area contributed by atoms with Crippen molar-refractivity contribution in [3.8, 4) is 0 Å². The minimum absolute atomic E-state index is 0.216. The van der Waals surface area contributed by atoms with Crippen LogP contribution in [-0.2, 0) is 0 Å². The largest absolute Gasteiger partial charge is 0.324 e. The minimum atomic E-state index is 0.216. The van der Waals surface area contributed by atoms with Crippen LogP contribution in [-0.4, -0.2) is 0 Å². The van der Waals surface area contributed by atoms with Crippen LogP contribution < -0.4 is 5.73 Å². The molecule has 1 nitrogen and oxygen atoms in total. The zero-order chi connectivity index (χ0) is 12.0. The third kappa shape index (κ3) is 3.97. The van der Waals surface area contributed by atoms with Gasteiger partial charge in [0.25, 0.3) is 0 Å². The van der Waals surface area contributed by atoms with Crippen LogP contribution >= 0.6 is 0 Å². The van der Waals surface area contributed by atoms with Crippen molar-refractivity contribution in [1.82, 2.24) is 0 Å². The van der Waals surface area contributed by atoms with Crippen LogP contribution in [0, 0.1) is 0 Å². The first kappa shape index (κ1) is 13.2. The van der Waals surface area contributed by atoms with Gasteiger partial charge in [0.15, 0.2) is 0 Å². The van der Waals surface area contributed by atoms with Crippen molar-refractivity contribution in [1.29, 1.82) is 0 Å². The lowest BCUT2D eigenvalue weighted by Crippen LogP contribution is -2.10. The van der Waals surface area contributed by atoms with Gasteiger partial charge in [0, 0.05) is 6.04 Å². The van der Waals surface area contributed by atoms with E-state index in [2.05, 4.69) is 45.0 Å². The Hall–Kier alpha value is -0.820. The predicted molar refractivity (Wildman–Crippen MR) is 71.6 cm³/mol. The van der Waals surface area contributed by atoms with Gasteiger partial charge in [0.1, 0.15) is 0 Å². The second-order valence-electron chi connectivity index (χ2n) is 4.92. The lowest BCUT2D eigenvalue weighted by molar-refractivity contribution is 0.581. The second-order valence-corrected chi connectivity index (χ2v) is 4.92.